The van der Waals surface area contributed by atoms with Crippen molar-refractivity contribution in [2.24, 2.45) is 0 Å². The number of carbonyl (C=O) groups is 1. The summed E-state index contributed by atoms with van der Waals surface area (Å²) in [5.74, 6) is -0.278. The molecule has 32 heavy (non-hydrogen) atoms. The van der Waals surface area contributed by atoms with Crippen LogP contribution in [0.2, 0.25) is 10.0 Å². The van der Waals surface area contributed by atoms with Crippen molar-refractivity contribution in [3.05, 3.63) is 74.5 Å². The van der Waals surface area contributed by atoms with E-state index in [0.29, 0.717) is 22.5 Å². The summed E-state index contributed by atoms with van der Waals surface area (Å²) >= 11 is 12.0. The molecule has 2 aromatic carbocycles. The van der Waals surface area contributed by atoms with Crippen LogP contribution in [-0.2, 0) is 0 Å². The number of aromatic nitrogens is 1. The van der Waals surface area contributed by atoms with Crippen molar-refractivity contribution in [1.29, 1.82) is 0 Å². The average molecular weight is 496 g/mol. The lowest BCUT2D eigenvalue weighted by atomic mass is 10.2. The summed E-state index contributed by atoms with van der Waals surface area (Å²) in [7, 11) is 0. The Morgan fingerprint density at radius 3 is 2.50 bits per heavy atom. The van der Waals surface area contributed by atoms with Crippen LogP contribution in [0.5, 0.6) is 0 Å². The summed E-state index contributed by atoms with van der Waals surface area (Å²) in [4.78, 5) is 32.5. The second-order valence-electron chi connectivity index (χ2n) is 7.66. The van der Waals surface area contributed by atoms with Crippen molar-refractivity contribution in [3.8, 4) is 0 Å². The fourth-order valence-corrected chi connectivity index (χ4v) is 4.20. The number of benzene rings is 2. The van der Waals surface area contributed by atoms with Gasteiger partial charge in [-0.2, -0.15) is 0 Å². The zero-order valence-electron chi connectivity index (χ0n) is 17.4. The number of rotatable bonds is 6. The Balaban J connectivity index is 0.00000289. The summed E-state index contributed by atoms with van der Waals surface area (Å²) in [5.41, 5.74) is 1.79. The van der Waals surface area contributed by atoms with Gasteiger partial charge < -0.3 is 15.2 Å². The maximum absolute atomic E-state index is 12.4. The number of nitrogens with one attached hydrogen (secondary N) is 2. The molecule has 0 saturated carbocycles. The van der Waals surface area contributed by atoms with Crippen LogP contribution in [0, 0.1) is 0 Å². The number of hydrogen-bond acceptors (Lipinski definition) is 4. The predicted molar refractivity (Wildman–Crippen MR) is 134 cm³/mol. The minimum atomic E-state index is -0.278. The Bertz CT molecular complexity index is 1140. The molecule has 1 aromatic heterocycles. The van der Waals surface area contributed by atoms with E-state index in [1.54, 1.807) is 18.2 Å². The molecule has 2 heterocycles. The molecule has 2 N–H and O–H groups in total. The Kier molecular flexibility index (Phi) is 8.43. The summed E-state index contributed by atoms with van der Waals surface area (Å²) in [6, 6.07) is 14.3. The van der Waals surface area contributed by atoms with Gasteiger partial charge in [-0.1, -0.05) is 29.3 Å². The molecule has 0 spiro atoms. The van der Waals surface area contributed by atoms with Crippen molar-refractivity contribution < 1.29 is 4.79 Å². The number of carbonyl (C=O) groups excluding carboxylic acids is 1. The quantitative estimate of drug-likeness (QED) is 0.503. The number of hydrogen-bond donors (Lipinski definition) is 2. The maximum Gasteiger partial charge on any atom is 0.267 e. The number of anilines is 1. The van der Waals surface area contributed by atoms with Crippen molar-refractivity contribution >= 4 is 58.1 Å². The van der Waals surface area contributed by atoms with Crippen LogP contribution in [0.4, 0.5) is 5.69 Å². The highest BCUT2D eigenvalue weighted by Gasteiger charge is 2.17. The zero-order valence-corrected chi connectivity index (χ0v) is 19.8. The molecule has 0 bridgehead atoms. The van der Waals surface area contributed by atoms with Crippen LogP contribution in [0.25, 0.3) is 10.9 Å². The lowest BCUT2D eigenvalue weighted by molar-refractivity contribution is 0.0946. The lowest BCUT2D eigenvalue weighted by Gasteiger charge is -2.36. The first-order valence-electron chi connectivity index (χ1n) is 10.3. The fourth-order valence-electron chi connectivity index (χ4n) is 3.84. The van der Waals surface area contributed by atoms with Gasteiger partial charge in [0.25, 0.3) is 5.91 Å². The Morgan fingerprint density at radius 2 is 1.75 bits per heavy atom. The molecular weight excluding hydrogens is 471 g/mol. The Labute approximate surface area is 202 Å². The average Bonchev–Trinajstić information content (AvgIpc) is 2.77. The number of pyridine rings is 1. The van der Waals surface area contributed by atoms with E-state index in [1.807, 2.05) is 18.2 Å². The normalized spacial score (nSPS) is 14.2. The molecule has 1 aliphatic rings. The number of piperazine rings is 1. The number of aromatic amines is 1. The van der Waals surface area contributed by atoms with E-state index >= 15 is 0 Å². The molecular formula is C23H25Cl3N4O2. The van der Waals surface area contributed by atoms with Gasteiger partial charge in [-0.15, -0.1) is 12.4 Å². The molecule has 3 aromatic rings. The van der Waals surface area contributed by atoms with Crippen molar-refractivity contribution in [3.63, 3.8) is 0 Å². The second-order valence-corrected chi connectivity index (χ2v) is 8.53. The standard InChI is InChI=1S/C23H24Cl2N4O2.ClH/c24-16-3-1-4-18(13-16)29-11-9-28(10-12-29)8-2-7-26-23(31)21-15-22(30)19-14-17(25)5-6-20(19)27-21;/h1,3-6,13-15H,2,7-12H2,(H,26,31)(H,27,30);1H. The molecule has 0 radical (unpaired) electrons. The summed E-state index contributed by atoms with van der Waals surface area (Å²) in [5, 5.41) is 4.62. The third kappa shape index (κ3) is 5.95. The molecule has 9 heteroatoms. The van der Waals surface area contributed by atoms with Crippen LogP contribution in [0.15, 0.2) is 53.3 Å². The molecule has 1 aliphatic heterocycles. The third-order valence-electron chi connectivity index (χ3n) is 5.52. The molecule has 1 fully saturated rings. The van der Waals surface area contributed by atoms with Crippen LogP contribution >= 0.6 is 35.6 Å². The van der Waals surface area contributed by atoms with Gasteiger partial charge in [0.05, 0.1) is 0 Å². The minimum absolute atomic E-state index is 0. The van der Waals surface area contributed by atoms with E-state index in [9.17, 15) is 9.59 Å². The SMILES string of the molecule is Cl.O=C(NCCCN1CCN(c2cccc(Cl)c2)CC1)c1cc(=O)c2cc(Cl)ccc2[nH]1. The van der Waals surface area contributed by atoms with Crippen LogP contribution in [-0.4, -0.2) is 55.1 Å². The number of H-pyrrole nitrogens is 1. The van der Waals surface area contributed by atoms with Gasteiger partial charge >= 0.3 is 0 Å². The van der Waals surface area contributed by atoms with E-state index < -0.39 is 0 Å². The highest BCUT2D eigenvalue weighted by Crippen LogP contribution is 2.20. The number of halogens is 3. The topological polar surface area (TPSA) is 68.4 Å². The monoisotopic (exact) mass is 494 g/mol. The predicted octanol–water partition coefficient (Wildman–Crippen LogP) is 4.20. The van der Waals surface area contributed by atoms with E-state index in [0.717, 1.165) is 49.9 Å². The summed E-state index contributed by atoms with van der Waals surface area (Å²) < 4.78 is 0. The van der Waals surface area contributed by atoms with Gasteiger partial charge in [-0.05, 0) is 49.4 Å². The van der Waals surface area contributed by atoms with Crippen molar-refractivity contribution in [2.75, 3.05) is 44.2 Å². The van der Waals surface area contributed by atoms with Gasteiger partial charge in [0.1, 0.15) is 5.69 Å². The number of fused-ring (bicyclic) bond motifs is 1. The van der Waals surface area contributed by atoms with E-state index in [-0.39, 0.29) is 29.4 Å². The summed E-state index contributed by atoms with van der Waals surface area (Å²) in [6.07, 6.45) is 0.844. The number of nitrogens with zero attached hydrogens (tertiary/aromatic N) is 2. The first kappa shape index (κ1) is 24.4. The Morgan fingerprint density at radius 1 is 1.00 bits per heavy atom. The highest BCUT2D eigenvalue weighted by molar-refractivity contribution is 6.31. The largest absolute Gasteiger partial charge is 0.369 e. The maximum atomic E-state index is 12.4. The van der Waals surface area contributed by atoms with E-state index in [1.165, 1.54) is 6.07 Å². The van der Waals surface area contributed by atoms with Gasteiger partial charge in [0.15, 0.2) is 5.43 Å². The lowest BCUT2D eigenvalue weighted by Crippen LogP contribution is -2.47. The van der Waals surface area contributed by atoms with Gasteiger partial charge in [-0.25, -0.2) is 0 Å². The fraction of sp³-hybridized carbons (Fsp3) is 0.304. The molecule has 170 valence electrons. The summed E-state index contributed by atoms with van der Waals surface area (Å²) in [6.45, 7) is 5.32. The van der Waals surface area contributed by atoms with E-state index in [2.05, 4.69) is 26.2 Å². The Hall–Kier alpha value is -2.25. The van der Waals surface area contributed by atoms with Gasteiger partial charge in [0.2, 0.25) is 0 Å². The smallest absolute Gasteiger partial charge is 0.267 e. The van der Waals surface area contributed by atoms with Crippen LogP contribution in [0.3, 0.4) is 0 Å². The minimum Gasteiger partial charge on any atom is -0.369 e. The molecule has 6 nitrogen and oxygen atoms in total. The first-order chi connectivity index (χ1) is 15.0. The molecule has 0 atom stereocenters. The molecule has 1 amide bonds. The molecule has 0 aliphatic carbocycles. The first-order valence-corrected chi connectivity index (χ1v) is 11.1. The molecule has 4 rings (SSSR count). The number of amides is 1. The molecule has 0 unspecified atom stereocenters. The van der Waals surface area contributed by atoms with Crippen molar-refractivity contribution in [1.82, 2.24) is 15.2 Å². The second kappa shape index (κ2) is 11.1. The van der Waals surface area contributed by atoms with Crippen LogP contribution < -0.4 is 15.6 Å². The van der Waals surface area contributed by atoms with Gasteiger partial charge in [-0.3, -0.25) is 14.5 Å². The van der Waals surface area contributed by atoms with Crippen molar-refractivity contribution in [2.45, 2.75) is 6.42 Å². The van der Waals surface area contributed by atoms with E-state index in [4.69, 9.17) is 23.2 Å². The third-order valence-corrected chi connectivity index (χ3v) is 5.99. The zero-order chi connectivity index (χ0) is 21.8. The van der Waals surface area contributed by atoms with Crippen LogP contribution in [0.1, 0.15) is 16.9 Å². The molecule has 1 saturated heterocycles. The van der Waals surface area contributed by atoms with Gasteiger partial charge in [0, 0.05) is 65.4 Å². The highest BCUT2D eigenvalue weighted by atomic mass is 35.5.